The molecule has 12 heavy (non-hydrogen) atoms. The van der Waals surface area contributed by atoms with Crippen molar-refractivity contribution in [3.05, 3.63) is 23.8 Å². The van der Waals surface area contributed by atoms with Gasteiger partial charge in [0.2, 0.25) is 0 Å². The number of phenols is 1. The molecule has 0 fully saturated rings. The van der Waals surface area contributed by atoms with E-state index in [1.165, 1.54) is 0 Å². The average Bonchev–Trinajstić information content (AvgIpc) is 2.08. The highest BCUT2D eigenvalue weighted by atomic mass is 32.1. The lowest BCUT2D eigenvalue weighted by atomic mass is 10.0. The summed E-state index contributed by atoms with van der Waals surface area (Å²) < 4.78 is 0. The van der Waals surface area contributed by atoms with E-state index in [2.05, 4.69) is 12.6 Å². The fraction of sp³-hybridized carbons (Fsp3) is 0.222. The first-order valence-corrected chi connectivity index (χ1v) is 4.07. The highest BCUT2D eigenvalue weighted by Gasteiger charge is 2.05. The largest absolute Gasteiger partial charge is 0.507 e. The number of thiol groups is 1. The molecule has 0 bridgehead atoms. The van der Waals surface area contributed by atoms with Gasteiger partial charge in [0.05, 0.1) is 0 Å². The second-order valence-electron chi connectivity index (χ2n) is 2.67. The van der Waals surface area contributed by atoms with Gasteiger partial charge in [-0.05, 0) is 17.7 Å². The molecule has 0 aliphatic heterocycles. The monoisotopic (exact) mass is 182 g/mol. The summed E-state index contributed by atoms with van der Waals surface area (Å²) in [4.78, 5) is 10.9. The lowest BCUT2D eigenvalue weighted by molar-refractivity contribution is -0.108. The van der Waals surface area contributed by atoms with Gasteiger partial charge in [0.1, 0.15) is 12.0 Å². The molecule has 0 heterocycles. The number of hydrogen-bond donors (Lipinski definition) is 2. The van der Waals surface area contributed by atoms with Gasteiger partial charge in [-0.15, -0.1) is 12.6 Å². The van der Waals surface area contributed by atoms with E-state index in [0.717, 1.165) is 11.8 Å². The number of carbonyl (C=O) groups excluding carboxylic acids is 1. The third-order valence-electron chi connectivity index (χ3n) is 1.73. The van der Waals surface area contributed by atoms with E-state index in [1.807, 2.05) is 0 Å². The summed E-state index contributed by atoms with van der Waals surface area (Å²) in [6, 6.07) is 5.01. The molecule has 0 radical (unpaired) electrons. The van der Waals surface area contributed by atoms with E-state index in [0.29, 0.717) is 4.90 Å². The van der Waals surface area contributed by atoms with Crippen LogP contribution in [0.5, 0.6) is 5.75 Å². The maximum Gasteiger partial charge on any atom is 0.129 e. The molecule has 0 aliphatic carbocycles. The Hall–Kier alpha value is -0.960. The molecule has 0 saturated carbocycles. The van der Waals surface area contributed by atoms with Gasteiger partial charge < -0.3 is 9.90 Å². The molecule has 0 aromatic heterocycles. The molecule has 1 atom stereocenters. The standard InChI is InChI=1S/C9H10O2S/c1-6(5-10)7-2-3-9(12)8(11)4-7/h2-6,11-12H,1H3. The zero-order chi connectivity index (χ0) is 9.14. The van der Waals surface area contributed by atoms with Crippen molar-refractivity contribution < 1.29 is 9.90 Å². The number of rotatable bonds is 2. The molecule has 0 amide bonds. The Kier molecular flexibility index (Phi) is 2.76. The zero-order valence-corrected chi connectivity index (χ0v) is 7.58. The van der Waals surface area contributed by atoms with Crippen molar-refractivity contribution in [3.63, 3.8) is 0 Å². The van der Waals surface area contributed by atoms with Gasteiger partial charge in [-0.3, -0.25) is 0 Å². The first kappa shape index (κ1) is 9.13. The van der Waals surface area contributed by atoms with Crippen LogP contribution in [0.4, 0.5) is 0 Å². The molecule has 1 unspecified atom stereocenters. The normalized spacial score (nSPS) is 12.5. The molecular weight excluding hydrogens is 172 g/mol. The van der Waals surface area contributed by atoms with Gasteiger partial charge in [0.25, 0.3) is 0 Å². The summed E-state index contributed by atoms with van der Waals surface area (Å²) in [5, 5.41) is 9.25. The van der Waals surface area contributed by atoms with E-state index in [-0.39, 0.29) is 11.7 Å². The van der Waals surface area contributed by atoms with Crippen molar-refractivity contribution in [3.8, 4) is 5.75 Å². The van der Waals surface area contributed by atoms with Crippen molar-refractivity contribution in [2.75, 3.05) is 0 Å². The lowest BCUT2D eigenvalue weighted by Gasteiger charge is -2.05. The SMILES string of the molecule is CC(C=O)c1ccc(S)c(O)c1. The van der Waals surface area contributed by atoms with Crippen molar-refractivity contribution in [1.29, 1.82) is 0 Å². The number of carbonyl (C=O) groups is 1. The molecule has 2 nitrogen and oxygen atoms in total. The Morgan fingerprint density at radius 3 is 2.75 bits per heavy atom. The maximum atomic E-state index is 10.4. The van der Waals surface area contributed by atoms with E-state index < -0.39 is 0 Å². The summed E-state index contributed by atoms with van der Waals surface area (Å²) in [7, 11) is 0. The van der Waals surface area contributed by atoms with Crippen LogP contribution in [0.25, 0.3) is 0 Å². The third kappa shape index (κ3) is 1.80. The summed E-state index contributed by atoms with van der Waals surface area (Å²) in [6.45, 7) is 1.78. The fourth-order valence-corrected chi connectivity index (χ4v) is 1.04. The van der Waals surface area contributed by atoms with Crippen LogP contribution in [0.1, 0.15) is 18.4 Å². The summed E-state index contributed by atoms with van der Waals surface area (Å²) in [5.41, 5.74) is 0.806. The predicted octanol–water partition coefficient (Wildman–Crippen LogP) is 1.98. The number of aldehydes is 1. The van der Waals surface area contributed by atoms with Crippen molar-refractivity contribution in [2.24, 2.45) is 0 Å². The van der Waals surface area contributed by atoms with Crippen LogP contribution in [0.2, 0.25) is 0 Å². The van der Waals surface area contributed by atoms with Gasteiger partial charge in [-0.1, -0.05) is 13.0 Å². The lowest BCUT2D eigenvalue weighted by Crippen LogP contribution is -1.93. The third-order valence-corrected chi connectivity index (χ3v) is 2.11. The fourth-order valence-electron chi connectivity index (χ4n) is 0.902. The number of hydrogen-bond acceptors (Lipinski definition) is 3. The molecule has 3 heteroatoms. The minimum absolute atomic E-state index is 0.115. The molecule has 64 valence electrons. The molecule has 1 rings (SSSR count). The smallest absolute Gasteiger partial charge is 0.129 e. The Labute approximate surface area is 76.6 Å². The maximum absolute atomic E-state index is 10.4. The van der Waals surface area contributed by atoms with Crippen LogP contribution in [0.15, 0.2) is 23.1 Å². The molecule has 1 aromatic rings. The van der Waals surface area contributed by atoms with Crippen LogP contribution in [0.3, 0.4) is 0 Å². The quantitative estimate of drug-likeness (QED) is 0.542. The summed E-state index contributed by atoms with van der Waals surface area (Å²) >= 11 is 4.00. The molecule has 1 N–H and O–H groups in total. The number of phenolic OH excluding ortho intramolecular Hbond substituents is 1. The van der Waals surface area contributed by atoms with Gasteiger partial charge >= 0.3 is 0 Å². The van der Waals surface area contributed by atoms with Crippen LogP contribution in [0, 0.1) is 0 Å². The molecular formula is C9H10O2S. The molecule has 0 spiro atoms. The topological polar surface area (TPSA) is 37.3 Å². The Balaban J connectivity index is 3.04. The van der Waals surface area contributed by atoms with Crippen LogP contribution in [-0.4, -0.2) is 11.4 Å². The van der Waals surface area contributed by atoms with Crippen LogP contribution < -0.4 is 0 Å². The summed E-state index contributed by atoms with van der Waals surface area (Å²) in [6.07, 6.45) is 0.840. The average molecular weight is 182 g/mol. The minimum Gasteiger partial charge on any atom is -0.507 e. The number of aromatic hydroxyl groups is 1. The van der Waals surface area contributed by atoms with E-state index in [1.54, 1.807) is 25.1 Å². The second kappa shape index (κ2) is 3.63. The van der Waals surface area contributed by atoms with E-state index in [4.69, 9.17) is 0 Å². The molecule has 1 aromatic carbocycles. The van der Waals surface area contributed by atoms with Gasteiger partial charge in [-0.2, -0.15) is 0 Å². The Morgan fingerprint density at radius 1 is 1.58 bits per heavy atom. The van der Waals surface area contributed by atoms with Crippen molar-refractivity contribution in [2.45, 2.75) is 17.7 Å². The second-order valence-corrected chi connectivity index (χ2v) is 3.15. The first-order chi connectivity index (χ1) is 5.65. The van der Waals surface area contributed by atoms with Crippen LogP contribution in [-0.2, 0) is 4.79 Å². The van der Waals surface area contributed by atoms with Gasteiger partial charge in [-0.25, -0.2) is 0 Å². The Bertz CT molecular complexity index is 297. The van der Waals surface area contributed by atoms with Crippen molar-refractivity contribution >= 4 is 18.9 Å². The predicted molar refractivity (Wildman–Crippen MR) is 49.8 cm³/mol. The van der Waals surface area contributed by atoms with Crippen molar-refractivity contribution in [1.82, 2.24) is 0 Å². The van der Waals surface area contributed by atoms with E-state index >= 15 is 0 Å². The first-order valence-electron chi connectivity index (χ1n) is 3.62. The minimum atomic E-state index is -0.176. The van der Waals surface area contributed by atoms with Crippen LogP contribution >= 0.6 is 12.6 Å². The molecule has 0 saturated heterocycles. The summed E-state index contributed by atoms with van der Waals surface area (Å²) in [5.74, 6) is -0.0608. The molecule has 0 aliphatic rings. The number of benzene rings is 1. The van der Waals surface area contributed by atoms with Gasteiger partial charge in [0, 0.05) is 10.8 Å². The Morgan fingerprint density at radius 2 is 2.25 bits per heavy atom. The van der Waals surface area contributed by atoms with Gasteiger partial charge in [0.15, 0.2) is 0 Å². The highest BCUT2D eigenvalue weighted by Crippen LogP contribution is 2.25. The highest BCUT2D eigenvalue weighted by molar-refractivity contribution is 7.80. The zero-order valence-electron chi connectivity index (χ0n) is 6.69. The van der Waals surface area contributed by atoms with E-state index in [9.17, 15) is 9.90 Å².